The summed E-state index contributed by atoms with van der Waals surface area (Å²) >= 11 is 0. The molecule has 0 spiro atoms. The Hall–Kier alpha value is -3.10. The van der Waals surface area contributed by atoms with Crippen LogP contribution >= 0.6 is 0 Å². The fraction of sp³-hybridized carbons (Fsp3) is 0.240. The molecule has 5 nitrogen and oxygen atoms in total. The van der Waals surface area contributed by atoms with Gasteiger partial charge in [0.2, 0.25) is 10.0 Å². The molecule has 1 atom stereocenters. The van der Waals surface area contributed by atoms with Crippen LogP contribution in [-0.4, -0.2) is 37.1 Å². The Balaban J connectivity index is 1.57. The number of fused-ring (bicyclic) bond motifs is 1. The molecule has 172 valence electrons. The van der Waals surface area contributed by atoms with Crippen molar-refractivity contribution in [3.8, 4) is 0 Å². The molecule has 3 aromatic rings. The molecule has 1 aliphatic heterocycles. The number of rotatable bonds is 5. The topological polar surface area (TPSA) is 57.7 Å². The van der Waals surface area contributed by atoms with E-state index in [-0.39, 0.29) is 17.0 Å². The Morgan fingerprint density at radius 1 is 0.970 bits per heavy atom. The number of nitrogens with zero attached hydrogens (tertiary/aromatic N) is 2. The molecular weight excluding hydrogens is 446 g/mol. The smallest absolute Gasteiger partial charge is 0.254 e. The lowest BCUT2D eigenvalue weighted by Crippen LogP contribution is -2.36. The average Bonchev–Trinajstić information content (AvgIpc) is 2.84. The zero-order chi connectivity index (χ0) is 23.8. The standard InChI is InChI=1S/C25H24F2N2O3S/c1-17(19-10-11-23(26)24(27)15-19)28(2)25(30)20-8-5-9-22(14-20)33(31,32)29-13-12-18-6-3-4-7-21(18)16-29/h3-11,14-15,17H,12-13,16H2,1-2H3. The van der Waals surface area contributed by atoms with E-state index in [9.17, 15) is 22.0 Å². The van der Waals surface area contributed by atoms with Gasteiger partial charge in [-0.25, -0.2) is 17.2 Å². The van der Waals surface area contributed by atoms with E-state index in [1.165, 1.54) is 40.5 Å². The van der Waals surface area contributed by atoms with E-state index < -0.39 is 33.6 Å². The molecule has 8 heteroatoms. The van der Waals surface area contributed by atoms with Crippen LogP contribution in [0, 0.1) is 11.6 Å². The van der Waals surface area contributed by atoms with Crippen molar-refractivity contribution in [2.45, 2.75) is 30.8 Å². The predicted molar refractivity (Wildman–Crippen MR) is 121 cm³/mol. The summed E-state index contributed by atoms with van der Waals surface area (Å²) in [5, 5.41) is 0. The molecule has 1 unspecified atom stereocenters. The summed E-state index contributed by atoms with van der Waals surface area (Å²) in [6.45, 7) is 2.34. The number of carbonyl (C=O) groups excluding carboxylic acids is 1. The Bertz CT molecular complexity index is 1310. The largest absolute Gasteiger partial charge is 0.335 e. The molecular formula is C25H24F2N2O3S. The summed E-state index contributed by atoms with van der Waals surface area (Å²) in [5.74, 6) is -2.37. The predicted octanol–water partition coefficient (Wildman–Crippen LogP) is 4.55. The van der Waals surface area contributed by atoms with Gasteiger partial charge in [-0.3, -0.25) is 4.79 Å². The van der Waals surface area contributed by atoms with Crippen LogP contribution < -0.4 is 0 Å². The van der Waals surface area contributed by atoms with E-state index in [1.54, 1.807) is 13.0 Å². The fourth-order valence-corrected chi connectivity index (χ4v) is 5.45. The first kappa shape index (κ1) is 23.1. The zero-order valence-corrected chi connectivity index (χ0v) is 19.1. The number of benzene rings is 3. The zero-order valence-electron chi connectivity index (χ0n) is 18.3. The van der Waals surface area contributed by atoms with E-state index in [2.05, 4.69) is 0 Å². The maximum atomic E-state index is 13.6. The first-order valence-corrected chi connectivity index (χ1v) is 12.0. The van der Waals surface area contributed by atoms with Crippen LogP contribution in [0.1, 0.15) is 40.0 Å². The third-order valence-corrected chi connectivity index (χ3v) is 7.98. The van der Waals surface area contributed by atoms with Crippen LogP contribution in [0.4, 0.5) is 8.78 Å². The van der Waals surface area contributed by atoms with E-state index in [1.807, 2.05) is 24.3 Å². The Labute approximate surface area is 192 Å². The van der Waals surface area contributed by atoms with Gasteiger partial charge in [-0.15, -0.1) is 0 Å². The van der Waals surface area contributed by atoms with Crippen LogP contribution in [0.5, 0.6) is 0 Å². The van der Waals surface area contributed by atoms with Crippen LogP contribution in [-0.2, 0) is 23.0 Å². The van der Waals surface area contributed by atoms with Gasteiger partial charge in [0.1, 0.15) is 0 Å². The third kappa shape index (κ3) is 4.54. The van der Waals surface area contributed by atoms with Crippen LogP contribution in [0.25, 0.3) is 0 Å². The van der Waals surface area contributed by atoms with Crippen molar-refractivity contribution < 1.29 is 22.0 Å². The highest BCUT2D eigenvalue weighted by Gasteiger charge is 2.29. The molecule has 1 amide bonds. The van der Waals surface area contributed by atoms with Gasteiger partial charge in [0.15, 0.2) is 11.6 Å². The van der Waals surface area contributed by atoms with Crippen LogP contribution in [0.3, 0.4) is 0 Å². The summed E-state index contributed by atoms with van der Waals surface area (Å²) < 4.78 is 54.9. The van der Waals surface area contributed by atoms with E-state index >= 15 is 0 Å². The minimum atomic E-state index is -3.80. The maximum absolute atomic E-state index is 13.6. The molecule has 33 heavy (non-hydrogen) atoms. The van der Waals surface area contributed by atoms with E-state index in [4.69, 9.17) is 0 Å². The SMILES string of the molecule is CC(c1ccc(F)c(F)c1)N(C)C(=O)c1cccc(S(=O)(=O)N2CCc3ccccc3C2)c1. The minimum Gasteiger partial charge on any atom is -0.335 e. The van der Waals surface area contributed by atoms with Crippen molar-refractivity contribution in [1.82, 2.24) is 9.21 Å². The fourth-order valence-electron chi connectivity index (χ4n) is 3.99. The second-order valence-electron chi connectivity index (χ2n) is 8.15. The number of sulfonamides is 1. The number of amides is 1. The van der Waals surface area contributed by atoms with E-state index in [0.29, 0.717) is 18.5 Å². The van der Waals surface area contributed by atoms with Crippen LogP contribution in [0.2, 0.25) is 0 Å². The third-order valence-electron chi connectivity index (χ3n) is 6.14. The lowest BCUT2D eigenvalue weighted by atomic mass is 10.0. The summed E-state index contributed by atoms with van der Waals surface area (Å²) in [4.78, 5) is 14.5. The molecule has 0 saturated carbocycles. The average molecular weight is 471 g/mol. The molecule has 1 aliphatic rings. The highest BCUT2D eigenvalue weighted by Crippen LogP contribution is 2.27. The minimum absolute atomic E-state index is 0.0432. The summed E-state index contributed by atoms with van der Waals surface area (Å²) in [6.07, 6.45) is 0.627. The second-order valence-corrected chi connectivity index (χ2v) is 10.1. The molecule has 0 bridgehead atoms. The first-order valence-electron chi connectivity index (χ1n) is 10.6. The number of hydrogen-bond donors (Lipinski definition) is 0. The van der Waals surface area contributed by atoms with Gasteiger partial charge in [-0.1, -0.05) is 36.4 Å². The lowest BCUT2D eigenvalue weighted by Gasteiger charge is -2.28. The van der Waals surface area contributed by atoms with Crippen molar-refractivity contribution in [3.05, 3.63) is 101 Å². The highest BCUT2D eigenvalue weighted by atomic mass is 32.2. The van der Waals surface area contributed by atoms with Gasteiger partial charge < -0.3 is 4.90 Å². The van der Waals surface area contributed by atoms with Crippen molar-refractivity contribution in [3.63, 3.8) is 0 Å². The van der Waals surface area contributed by atoms with Gasteiger partial charge in [-0.2, -0.15) is 4.31 Å². The van der Waals surface area contributed by atoms with Gasteiger partial charge in [0, 0.05) is 25.7 Å². The van der Waals surface area contributed by atoms with Crippen LogP contribution in [0.15, 0.2) is 71.6 Å². The molecule has 0 radical (unpaired) electrons. The number of halogens is 2. The molecule has 4 rings (SSSR count). The molecule has 1 heterocycles. The quantitative estimate of drug-likeness (QED) is 0.550. The van der Waals surface area contributed by atoms with Gasteiger partial charge >= 0.3 is 0 Å². The van der Waals surface area contributed by atoms with Gasteiger partial charge in [0.25, 0.3) is 5.91 Å². The first-order chi connectivity index (χ1) is 15.7. The van der Waals surface area contributed by atoms with Gasteiger partial charge in [-0.05, 0) is 60.4 Å². The second kappa shape index (κ2) is 9.03. The highest BCUT2D eigenvalue weighted by molar-refractivity contribution is 7.89. The van der Waals surface area contributed by atoms with Crippen molar-refractivity contribution >= 4 is 15.9 Å². The van der Waals surface area contributed by atoms with Crippen molar-refractivity contribution in [2.24, 2.45) is 0 Å². The van der Waals surface area contributed by atoms with Crippen molar-refractivity contribution in [2.75, 3.05) is 13.6 Å². The molecule has 0 N–H and O–H groups in total. The molecule has 3 aromatic carbocycles. The molecule has 0 fully saturated rings. The monoisotopic (exact) mass is 470 g/mol. The van der Waals surface area contributed by atoms with Crippen molar-refractivity contribution in [1.29, 1.82) is 0 Å². The Morgan fingerprint density at radius 2 is 1.70 bits per heavy atom. The summed E-state index contributed by atoms with van der Waals surface area (Å²) in [6, 6.07) is 16.6. The molecule has 0 aromatic heterocycles. The molecule has 0 saturated heterocycles. The Morgan fingerprint density at radius 3 is 2.42 bits per heavy atom. The number of hydrogen-bond acceptors (Lipinski definition) is 3. The normalized spacial score (nSPS) is 15.0. The lowest BCUT2D eigenvalue weighted by molar-refractivity contribution is 0.0742. The van der Waals surface area contributed by atoms with Gasteiger partial charge in [0.05, 0.1) is 10.9 Å². The molecule has 0 aliphatic carbocycles. The maximum Gasteiger partial charge on any atom is 0.254 e. The summed E-state index contributed by atoms with van der Waals surface area (Å²) in [5.41, 5.74) is 2.74. The number of carbonyl (C=O) groups is 1. The summed E-state index contributed by atoms with van der Waals surface area (Å²) in [7, 11) is -2.26. The van der Waals surface area contributed by atoms with E-state index in [0.717, 1.165) is 23.3 Å². The Kier molecular flexibility index (Phi) is 6.32.